The van der Waals surface area contributed by atoms with Crippen molar-refractivity contribution in [3.05, 3.63) is 68.2 Å². The molecule has 0 saturated carbocycles. The molecule has 2 aromatic rings. The van der Waals surface area contributed by atoms with Crippen LogP contribution in [-0.4, -0.2) is 6.54 Å². The summed E-state index contributed by atoms with van der Waals surface area (Å²) in [6, 6.07) is 11.2. The first kappa shape index (κ1) is 16.3. The number of hydrogen-bond acceptors (Lipinski definition) is 1. The summed E-state index contributed by atoms with van der Waals surface area (Å²) in [5.74, 6) is 0. The Morgan fingerprint density at radius 3 is 1.95 bits per heavy atom. The van der Waals surface area contributed by atoms with Crippen molar-refractivity contribution in [1.82, 2.24) is 5.32 Å². The molecule has 1 nitrogen and oxygen atoms in total. The maximum atomic E-state index is 3.66. The molecule has 1 unspecified atom stereocenters. The summed E-state index contributed by atoms with van der Waals surface area (Å²) < 4.78 is 1.12. The lowest BCUT2D eigenvalue weighted by atomic mass is 9.87. The third-order valence-electron chi connectivity index (χ3n) is 4.32. The van der Waals surface area contributed by atoms with Crippen LogP contribution < -0.4 is 5.32 Å². The Balaban J connectivity index is 2.60. The van der Waals surface area contributed by atoms with E-state index in [4.69, 9.17) is 0 Å². The van der Waals surface area contributed by atoms with Gasteiger partial charge in [0.15, 0.2) is 0 Å². The minimum atomic E-state index is 0.252. The quantitative estimate of drug-likeness (QED) is 0.783. The lowest BCUT2D eigenvalue weighted by molar-refractivity contribution is 0.623. The molecule has 2 heteroatoms. The second kappa shape index (κ2) is 6.76. The third-order valence-corrected chi connectivity index (χ3v) is 4.85. The normalized spacial score (nSPS) is 12.5. The maximum absolute atomic E-state index is 3.66. The molecule has 0 bridgehead atoms. The highest BCUT2D eigenvalue weighted by atomic mass is 79.9. The first-order valence-electron chi connectivity index (χ1n) is 7.51. The van der Waals surface area contributed by atoms with Gasteiger partial charge in [0.1, 0.15) is 0 Å². The van der Waals surface area contributed by atoms with Gasteiger partial charge in [-0.3, -0.25) is 0 Å². The van der Waals surface area contributed by atoms with Crippen molar-refractivity contribution >= 4 is 15.9 Å². The van der Waals surface area contributed by atoms with Crippen LogP contribution in [0.4, 0.5) is 0 Å². The Kier molecular flexibility index (Phi) is 5.23. The Hall–Kier alpha value is -1.12. The molecule has 1 atom stereocenters. The molecule has 0 heterocycles. The third kappa shape index (κ3) is 3.38. The van der Waals surface area contributed by atoms with Crippen molar-refractivity contribution in [1.29, 1.82) is 0 Å². The van der Waals surface area contributed by atoms with Crippen molar-refractivity contribution < 1.29 is 0 Å². The van der Waals surface area contributed by atoms with Crippen LogP contribution in [0.25, 0.3) is 0 Å². The molecule has 0 fully saturated rings. The Labute approximate surface area is 136 Å². The molecule has 21 heavy (non-hydrogen) atoms. The SMILES string of the molecule is CCNC(c1ccc(Br)cc1)c1c(C)c(C)cc(C)c1C. The first-order chi connectivity index (χ1) is 9.95. The molecule has 0 aliphatic carbocycles. The van der Waals surface area contributed by atoms with Crippen molar-refractivity contribution in [2.24, 2.45) is 0 Å². The van der Waals surface area contributed by atoms with Crippen LogP contribution in [0.1, 0.15) is 46.3 Å². The van der Waals surface area contributed by atoms with Gasteiger partial charge in [-0.2, -0.15) is 0 Å². The molecule has 0 aliphatic rings. The van der Waals surface area contributed by atoms with E-state index in [1.54, 1.807) is 0 Å². The summed E-state index contributed by atoms with van der Waals surface area (Å²) in [5, 5.41) is 3.66. The zero-order chi connectivity index (χ0) is 15.6. The van der Waals surface area contributed by atoms with Gasteiger partial charge in [0.25, 0.3) is 0 Å². The standard InChI is InChI=1S/C19H24BrN/c1-6-21-19(16-7-9-17(20)10-8-16)18-14(4)12(2)11-13(3)15(18)5/h7-11,19,21H,6H2,1-5H3. The van der Waals surface area contributed by atoms with Crippen LogP contribution in [0.15, 0.2) is 34.8 Å². The average Bonchev–Trinajstić information content (AvgIpc) is 2.45. The highest BCUT2D eigenvalue weighted by molar-refractivity contribution is 9.10. The molecule has 2 rings (SSSR count). The zero-order valence-corrected chi connectivity index (χ0v) is 15.1. The fourth-order valence-electron chi connectivity index (χ4n) is 2.93. The topological polar surface area (TPSA) is 12.0 Å². The number of rotatable bonds is 4. The van der Waals surface area contributed by atoms with Gasteiger partial charge in [-0.1, -0.05) is 41.1 Å². The molecule has 0 amide bonds. The van der Waals surface area contributed by atoms with Gasteiger partial charge in [-0.05, 0) is 79.8 Å². The van der Waals surface area contributed by atoms with E-state index < -0.39 is 0 Å². The summed E-state index contributed by atoms with van der Waals surface area (Å²) in [6.07, 6.45) is 0. The van der Waals surface area contributed by atoms with Crippen molar-refractivity contribution in [2.75, 3.05) is 6.54 Å². The second-order valence-electron chi connectivity index (χ2n) is 5.72. The molecule has 0 aromatic heterocycles. The summed E-state index contributed by atoms with van der Waals surface area (Å²) in [5.41, 5.74) is 8.27. The summed E-state index contributed by atoms with van der Waals surface area (Å²) in [6.45, 7) is 12.0. The monoisotopic (exact) mass is 345 g/mol. The highest BCUT2D eigenvalue weighted by Gasteiger charge is 2.19. The molecule has 112 valence electrons. The molecule has 0 spiro atoms. The molecular weight excluding hydrogens is 322 g/mol. The van der Waals surface area contributed by atoms with Crippen LogP contribution in [-0.2, 0) is 0 Å². The fraction of sp³-hybridized carbons (Fsp3) is 0.368. The maximum Gasteiger partial charge on any atom is 0.0582 e. The molecule has 0 aliphatic heterocycles. The van der Waals surface area contributed by atoms with Crippen molar-refractivity contribution in [2.45, 2.75) is 40.7 Å². The van der Waals surface area contributed by atoms with Gasteiger partial charge in [0.05, 0.1) is 6.04 Å². The smallest absolute Gasteiger partial charge is 0.0582 e. The lowest BCUT2D eigenvalue weighted by Gasteiger charge is -2.25. The number of benzene rings is 2. The lowest BCUT2D eigenvalue weighted by Crippen LogP contribution is -2.24. The Bertz CT molecular complexity index is 603. The molecule has 0 saturated heterocycles. The van der Waals surface area contributed by atoms with E-state index in [2.05, 4.69) is 86.2 Å². The first-order valence-corrected chi connectivity index (χ1v) is 8.31. The summed E-state index contributed by atoms with van der Waals surface area (Å²) in [7, 11) is 0. The summed E-state index contributed by atoms with van der Waals surface area (Å²) >= 11 is 3.52. The predicted octanol–water partition coefficient (Wildman–Crippen LogP) is 5.38. The van der Waals surface area contributed by atoms with Gasteiger partial charge in [0.2, 0.25) is 0 Å². The van der Waals surface area contributed by atoms with E-state index in [9.17, 15) is 0 Å². The Morgan fingerprint density at radius 2 is 1.48 bits per heavy atom. The molecule has 1 N–H and O–H groups in total. The molecule has 2 aromatic carbocycles. The van der Waals surface area contributed by atoms with Gasteiger partial charge in [-0.25, -0.2) is 0 Å². The van der Waals surface area contributed by atoms with Crippen molar-refractivity contribution in [3.8, 4) is 0 Å². The fourth-order valence-corrected chi connectivity index (χ4v) is 3.19. The molecular formula is C19H24BrN. The van der Waals surface area contributed by atoms with Gasteiger partial charge >= 0.3 is 0 Å². The molecule has 0 radical (unpaired) electrons. The number of aryl methyl sites for hydroxylation is 2. The zero-order valence-electron chi connectivity index (χ0n) is 13.5. The van der Waals surface area contributed by atoms with Crippen LogP contribution in [0.3, 0.4) is 0 Å². The largest absolute Gasteiger partial charge is 0.307 e. The second-order valence-corrected chi connectivity index (χ2v) is 6.63. The number of halogens is 1. The Morgan fingerprint density at radius 1 is 0.952 bits per heavy atom. The van der Waals surface area contributed by atoms with E-state index in [1.807, 2.05) is 0 Å². The average molecular weight is 346 g/mol. The van der Waals surface area contributed by atoms with E-state index in [0.717, 1.165) is 11.0 Å². The van der Waals surface area contributed by atoms with Crippen LogP contribution in [0, 0.1) is 27.7 Å². The van der Waals surface area contributed by atoms with Crippen LogP contribution in [0.2, 0.25) is 0 Å². The van der Waals surface area contributed by atoms with E-state index in [0.29, 0.717) is 0 Å². The van der Waals surface area contributed by atoms with Crippen LogP contribution in [0.5, 0.6) is 0 Å². The van der Waals surface area contributed by atoms with Gasteiger partial charge in [0, 0.05) is 4.47 Å². The van der Waals surface area contributed by atoms with Gasteiger partial charge < -0.3 is 5.32 Å². The van der Waals surface area contributed by atoms with E-state index in [1.165, 1.54) is 33.4 Å². The van der Waals surface area contributed by atoms with Crippen LogP contribution >= 0.6 is 15.9 Å². The number of nitrogens with one attached hydrogen (secondary N) is 1. The van der Waals surface area contributed by atoms with Crippen molar-refractivity contribution in [3.63, 3.8) is 0 Å². The predicted molar refractivity (Wildman–Crippen MR) is 95.1 cm³/mol. The van der Waals surface area contributed by atoms with E-state index >= 15 is 0 Å². The minimum absolute atomic E-state index is 0.252. The number of hydrogen-bond donors (Lipinski definition) is 1. The minimum Gasteiger partial charge on any atom is -0.307 e. The van der Waals surface area contributed by atoms with Gasteiger partial charge in [-0.15, -0.1) is 0 Å². The van der Waals surface area contributed by atoms with E-state index in [-0.39, 0.29) is 6.04 Å². The highest BCUT2D eigenvalue weighted by Crippen LogP contribution is 2.32. The summed E-state index contributed by atoms with van der Waals surface area (Å²) in [4.78, 5) is 0.